The first-order valence-corrected chi connectivity index (χ1v) is 9.60. The van der Waals surface area contributed by atoms with Gasteiger partial charge in [-0.25, -0.2) is 0 Å². The molecule has 2 aliphatic rings. The lowest BCUT2D eigenvalue weighted by Gasteiger charge is -2.29. The monoisotopic (exact) mass is 383 g/mol. The average Bonchev–Trinajstić information content (AvgIpc) is 2.90. The second kappa shape index (κ2) is 6.57. The van der Waals surface area contributed by atoms with Gasteiger partial charge in [-0.05, 0) is 28.1 Å². The molecule has 0 aliphatic carbocycles. The molecule has 150 valence electrons. The van der Waals surface area contributed by atoms with Gasteiger partial charge in [0, 0.05) is 29.3 Å². The van der Waals surface area contributed by atoms with Gasteiger partial charge in [-0.3, -0.25) is 9.69 Å². The number of aromatic hydroxyl groups is 1. The minimum Gasteiger partial charge on any atom is -0.507 e. The number of hydrogen-bond donors (Lipinski definition) is 2. The molecule has 0 spiro atoms. The molecular formula is C22H31N4O2+. The van der Waals surface area contributed by atoms with E-state index in [9.17, 15) is 9.90 Å². The number of nitrogens with two attached hydrogens (primary N) is 1. The third kappa shape index (κ3) is 3.62. The largest absolute Gasteiger partial charge is 0.507 e. The summed E-state index contributed by atoms with van der Waals surface area (Å²) in [5, 5.41) is 15.2. The Morgan fingerprint density at radius 2 is 1.75 bits per heavy atom. The lowest BCUT2D eigenvalue weighted by molar-refractivity contribution is -0.903. The number of hydrogen-bond acceptors (Lipinski definition) is 5. The van der Waals surface area contributed by atoms with Gasteiger partial charge < -0.3 is 5.11 Å². The zero-order chi connectivity index (χ0) is 20.9. The number of allylic oxidation sites excluding steroid dienone is 2. The van der Waals surface area contributed by atoms with Crippen molar-refractivity contribution in [1.29, 1.82) is 0 Å². The Hall–Kier alpha value is -2.44. The maximum Gasteiger partial charge on any atom is 0.256 e. The quantitative estimate of drug-likeness (QED) is 0.475. The van der Waals surface area contributed by atoms with Crippen LogP contribution in [-0.4, -0.2) is 39.9 Å². The number of carbonyl (C=O) groups excluding carboxylic acids is 1. The molecule has 6 nitrogen and oxygen atoms in total. The zero-order valence-corrected chi connectivity index (χ0v) is 17.7. The highest BCUT2D eigenvalue weighted by atomic mass is 16.3. The SMILES string of the molecule is CC(C)(C)c1cc(C(=O)C[N+]2(N)N=CN3CC=CC=C32)cc(C(C)(C)C)c1O. The number of carbonyl (C=O) groups is 1. The fraction of sp³-hybridized carbons (Fsp3) is 0.455. The van der Waals surface area contributed by atoms with Gasteiger partial charge in [0.25, 0.3) is 5.82 Å². The number of Topliss-reactive ketones (excluding diaryl/α,β-unsaturated/α-hetero) is 1. The van der Waals surface area contributed by atoms with Crippen LogP contribution in [0.2, 0.25) is 0 Å². The molecule has 0 saturated heterocycles. The predicted octanol–water partition coefficient (Wildman–Crippen LogP) is 3.53. The summed E-state index contributed by atoms with van der Waals surface area (Å²) in [5.74, 6) is 7.39. The Labute approximate surface area is 167 Å². The summed E-state index contributed by atoms with van der Waals surface area (Å²) < 4.78 is -0.292. The zero-order valence-electron chi connectivity index (χ0n) is 17.7. The Morgan fingerprint density at radius 1 is 1.18 bits per heavy atom. The second-order valence-electron chi connectivity index (χ2n) is 9.66. The molecule has 0 amide bonds. The van der Waals surface area contributed by atoms with E-state index in [1.165, 1.54) is 0 Å². The number of rotatable bonds is 3. The predicted molar refractivity (Wildman–Crippen MR) is 112 cm³/mol. The van der Waals surface area contributed by atoms with E-state index in [1.54, 1.807) is 18.5 Å². The lowest BCUT2D eigenvalue weighted by atomic mass is 9.78. The van der Waals surface area contributed by atoms with Gasteiger partial charge in [-0.1, -0.05) is 58.4 Å². The fourth-order valence-corrected chi connectivity index (χ4v) is 3.56. The van der Waals surface area contributed by atoms with Crippen molar-refractivity contribution in [3.8, 4) is 5.75 Å². The molecule has 3 N–H and O–H groups in total. The van der Waals surface area contributed by atoms with Crippen LogP contribution in [0.15, 0.2) is 41.3 Å². The molecule has 0 radical (unpaired) electrons. The number of fused-ring (bicyclic) bond motifs is 1. The van der Waals surface area contributed by atoms with E-state index in [2.05, 4.69) is 5.10 Å². The Bertz CT molecular complexity index is 865. The summed E-state index contributed by atoms with van der Waals surface area (Å²) in [7, 11) is 0. The van der Waals surface area contributed by atoms with Crippen molar-refractivity contribution in [3.63, 3.8) is 0 Å². The van der Waals surface area contributed by atoms with E-state index in [1.807, 2.05) is 64.7 Å². The molecule has 1 atom stereocenters. The van der Waals surface area contributed by atoms with Crippen molar-refractivity contribution in [2.24, 2.45) is 10.9 Å². The highest BCUT2D eigenvalue weighted by Crippen LogP contribution is 2.40. The van der Waals surface area contributed by atoms with Gasteiger partial charge in [0.05, 0.1) is 0 Å². The minimum atomic E-state index is -0.297. The molecule has 2 heterocycles. The molecule has 0 saturated carbocycles. The Balaban J connectivity index is 2.01. The molecule has 0 fully saturated rings. The van der Waals surface area contributed by atoms with Crippen LogP contribution in [0.5, 0.6) is 5.75 Å². The van der Waals surface area contributed by atoms with E-state index >= 15 is 0 Å². The molecule has 0 bridgehead atoms. The van der Waals surface area contributed by atoms with Gasteiger partial charge in [-0.2, -0.15) is 0 Å². The molecule has 1 aromatic carbocycles. The Kier molecular flexibility index (Phi) is 4.76. The summed E-state index contributed by atoms with van der Waals surface area (Å²) >= 11 is 0. The van der Waals surface area contributed by atoms with Crippen molar-refractivity contribution >= 4 is 12.1 Å². The van der Waals surface area contributed by atoms with Gasteiger partial charge >= 0.3 is 0 Å². The van der Waals surface area contributed by atoms with Crippen molar-refractivity contribution in [1.82, 2.24) is 4.90 Å². The average molecular weight is 384 g/mol. The van der Waals surface area contributed by atoms with E-state index in [-0.39, 0.29) is 33.6 Å². The Morgan fingerprint density at radius 3 is 2.29 bits per heavy atom. The summed E-state index contributed by atoms with van der Waals surface area (Å²) in [5.41, 5.74) is 1.48. The molecule has 1 aromatic rings. The van der Waals surface area contributed by atoms with Crippen LogP contribution < -0.4 is 5.84 Å². The first kappa shape index (κ1) is 20.3. The summed E-state index contributed by atoms with van der Waals surface area (Å²) in [6.45, 7) is 12.9. The van der Waals surface area contributed by atoms with Crippen LogP contribution in [0.3, 0.4) is 0 Å². The third-order valence-corrected chi connectivity index (χ3v) is 5.20. The first-order valence-electron chi connectivity index (χ1n) is 9.60. The number of quaternary nitrogens is 1. The minimum absolute atomic E-state index is 0.0185. The molecule has 1 unspecified atom stereocenters. The van der Waals surface area contributed by atoms with Crippen LogP contribution in [-0.2, 0) is 10.8 Å². The van der Waals surface area contributed by atoms with Crippen LogP contribution in [0.1, 0.15) is 63.0 Å². The number of benzene rings is 1. The van der Waals surface area contributed by atoms with E-state index in [0.717, 1.165) is 16.9 Å². The van der Waals surface area contributed by atoms with Crippen molar-refractivity contribution in [2.45, 2.75) is 52.4 Å². The van der Waals surface area contributed by atoms with Crippen LogP contribution >= 0.6 is 0 Å². The van der Waals surface area contributed by atoms with Crippen molar-refractivity contribution in [2.75, 3.05) is 13.1 Å². The molecule has 28 heavy (non-hydrogen) atoms. The van der Waals surface area contributed by atoms with Crippen LogP contribution in [0.25, 0.3) is 0 Å². The van der Waals surface area contributed by atoms with Crippen molar-refractivity contribution < 1.29 is 14.6 Å². The molecule has 6 heteroatoms. The van der Waals surface area contributed by atoms with Crippen LogP contribution in [0.4, 0.5) is 0 Å². The van der Waals surface area contributed by atoms with E-state index < -0.39 is 0 Å². The van der Waals surface area contributed by atoms with Gasteiger partial charge in [-0.15, -0.1) is 5.84 Å². The maximum atomic E-state index is 13.2. The topological polar surface area (TPSA) is 78.9 Å². The first-order chi connectivity index (χ1) is 12.8. The molecule has 3 rings (SSSR count). The van der Waals surface area contributed by atoms with Gasteiger partial charge in [0.1, 0.15) is 5.75 Å². The summed E-state index contributed by atoms with van der Waals surface area (Å²) in [4.78, 5) is 15.2. The van der Waals surface area contributed by atoms with Gasteiger partial charge in [0.15, 0.2) is 12.9 Å². The number of phenolic OH excluding ortho intramolecular Hbond substituents is 1. The highest BCUT2D eigenvalue weighted by molar-refractivity contribution is 5.98. The van der Waals surface area contributed by atoms with Gasteiger partial charge in [0.2, 0.25) is 5.78 Å². The highest BCUT2D eigenvalue weighted by Gasteiger charge is 2.41. The van der Waals surface area contributed by atoms with E-state index in [0.29, 0.717) is 12.1 Å². The number of nitrogens with zero attached hydrogens (tertiary/aromatic N) is 3. The number of phenols is 1. The van der Waals surface area contributed by atoms with Crippen LogP contribution in [0, 0.1) is 0 Å². The van der Waals surface area contributed by atoms with E-state index in [4.69, 9.17) is 5.84 Å². The smallest absolute Gasteiger partial charge is 0.256 e. The fourth-order valence-electron chi connectivity index (χ4n) is 3.56. The summed E-state index contributed by atoms with van der Waals surface area (Å²) in [6, 6.07) is 3.59. The lowest BCUT2D eigenvalue weighted by Crippen LogP contribution is -2.52. The molecule has 0 aromatic heterocycles. The maximum absolute atomic E-state index is 13.2. The second-order valence-corrected chi connectivity index (χ2v) is 9.66. The number of ketones is 1. The molecular weight excluding hydrogens is 352 g/mol. The normalized spacial score (nSPS) is 21.7. The summed E-state index contributed by atoms with van der Waals surface area (Å²) in [6.07, 6.45) is 7.52. The van der Waals surface area contributed by atoms with Crippen molar-refractivity contribution in [3.05, 3.63) is 52.9 Å². The standard InChI is InChI=1S/C22H30N4O2/c1-21(2,3)16-11-15(12-17(20(16)28)22(4,5)6)18(27)13-26(23)19-9-7-8-10-25(19)14-24-26/h7-9,11-12,14H,10,13,23H2,1-6H3/p+1. The third-order valence-electron chi connectivity index (χ3n) is 5.20. The molecule has 2 aliphatic heterocycles.